The van der Waals surface area contributed by atoms with Crippen LogP contribution in [0.5, 0.6) is 0 Å². The van der Waals surface area contributed by atoms with E-state index in [2.05, 4.69) is 24.3 Å². The summed E-state index contributed by atoms with van der Waals surface area (Å²) in [5.74, 6) is 0.394. The molecule has 0 bridgehead atoms. The van der Waals surface area contributed by atoms with Gasteiger partial charge in [-0.3, -0.25) is 18.5 Å². The maximum atomic E-state index is 13.5. The van der Waals surface area contributed by atoms with Crippen LogP contribution in [-0.2, 0) is 14.1 Å². The van der Waals surface area contributed by atoms with Crippen molar-refractivity contribution < 1.29 is 5.11 Å². The van der Waals surface area contributed by atoms with Gasteiger partial charge in [0.05, 0.1) is 18.9 Å². The summed E-state index contributed by atoms with van der Waals surface area (Å²) in [5, 5.41) is 16.4. The Labute approximate surface area is 218 Å². The summed E-state index contributed by atoms with van der Waals surface area (Å²) in [6.07, 6.45) is 0. The number of anilines is 1. The van der Waals surface area contributed by atoms with Crippen molar-refractivity contribution in [2.45, 2.75) is 6.04 Å². The largest absolute Gasteiger partial charge is 0.394 e. The zero-order valence-corrected chi connectivity index (χ0v) is 21.0. The Hall–Kier alpha value is -4.76. The van der Waals surface area contributed by atoms with Gasteiger partial charge in [0.15, 0.2) is 11.2 Å². The Bertz CT molecular complexity index is 1780. The molecule has 0 fully saturated rings. The third-order valence-corrected chi connectivity index (χ3v) is 6.96. The second-order valence-corrected chi connectivity index (χ2v) is 9.25. The lowest BCUT2D eigenvalue weighted by molar-refractivity contribution is 0.301. The van der Waals surface area contributed by atoms with Gasteiger partial charge < -0.3 is 5.11 Å². The van der Waals surface area contributed by atoms with E-state index in [0.29, 0.717) is 17.2 Å². The number of β-amino-alcohol motifs (C(OH)–C–C–N with tert-alkyl or cyclic N) is 1. The molecule has 9 nitrogen and oxygen atoms in total. The van der Waals surface area contributed by atoms with Crippen LogP contribution >= 0.6 is 0 Å². The highest BCUT2D eigenvalue weighted by molar-refractivity contribution is 6.07. The number of fused-ring (bicyclic) bond motifs is 3. The van der Waals surface area contributed by atoms with Gasteiger partial charge in [0, 0.05) is 19.7 Å². The molecule has 9 heteroatoms. The average molecular weight is 507 g/mol. The second kappa shape index (κ2) is 9.28. The van der Waals surface area contributed by atoms with Crippen LogP contribution in [0.2, 0.25) is 0 Å². The molecule has 5 aromatic rings. The van der Waals surface area contributed by atoms with Crippen LogP contribution in [-0.4, -0.2) is 42.7 Å². The van der Waals surface area contributed by atoms with Crippen LogP contribution in [0, 0.1) is 0 Å². The Balaban J connectivity index is 1.62. The number of aliphatic hydroxyl groups excluding tert-OH is 1. The van der Waals surface area contributed by atoms with Gasteiger partial charge in [-0.2, -0.15) is 10.1 Å². The molecule has 1 atom stereocenters. The molecule has 0 amide bonds. The van der Waals surface area contributed by atoms with Crippen LogP contribution in [0.4, 0.5) is 5.95 Å². The van der Waals surface area contributed by atoms with E-state index in [1.54, 1.807) is 12.1 Å². The summed E-state index contributed by atoms with van der Waals surface area (Å²) in [6.45, 7) is 0.00453. The van der Waals surface area contributed by atoms with Crippen molar-refractivity contribution >= 4 is 22.8 Å². The van der Waals surface area contributed by atoms with E-state index in [1.165, 1.54) is 11.6 Å². The maximum Gasteiger partial charge on any atom is 0.332 e. The van der Waals surface area contributed by atoms with Crippen LogP contribution in [0.3, 0.4) is 0 Å². The lowest BCUT2D eigenvalue weighted by Crippen LogP contribution is -2.40. The minimum Gasteiger partial charge on any atom is -0.394 e. The normalized spacial score (nSPS) is 15.0. The van der Waals surface area contributed by atoms with Crippen molar-refractivity contribution in [3.05, 3.63) is 117 Å². The van der Waals surface area contributed by atoms with Gasteiger partial charge in [-0.1, -0.05) is 84.9 Å². The Kier molecular flexibility index (Phi) is 5.77. The smallest absolute Gasteiger partial charge is 0.332 e. The molecule has 3 heterocycles. The molecule has 190 valence electrons. The van der Waals surface area contributed by atoms with E-state index in [9.17, 15) is 14.7 Å². The second-order valence-electron chi connectivity index (χ2n) is 9.25. The van der Waals surface area contributed by atoms with Crippen molar-refractivity contribution in [2.75, 3.05) is 18.2 Å². The fourth-order valence-electron chi connectivity index (χ4n) is 5.05. The highest BCUT2D eigenvalue weighted by Crippen LogP contribution is 2.36. The first-order valence-electron chi connectivity index (χ1n) is 12.3. The standard InChI is InChI=1S/C29H26N6O3/c1-32-26-25(27(37)33(2)29(32)38)35-24(22-11-7-4-8-12-22)23(31-34(17-18-36)28(35)30-26)21-15-13-20(14-16-21)19-9-5-3-6-10-19/h3-16,24,36H,17-18H2,1-2H3. The number of aliphatic hydroxyl groups is 1. The molecular weight excluding hydrogens is 480 g/mol. The van der Waals surface area contributed by atoms with E-state index < -0.39 is 17.3 Å². The van der Waals surface area contributed by atoms with E-state index in [1.807, 2.05) is 65.2 Å². The fourth-order valence-corrected chi connectivity index (χ4v) is 5.05. The van der Waals surface area contributed by atoms with Gasteiger partial charge in [0.25, 0.3) is 5.56 Å². The number of hydrazone groups is 1. The zero-order chi connectivity index (χ0) is 26.4. The summed E-state index contributed by atoms with van der Waals surface area (Å²) in [6, 6.07) is 27.6. The van der Waals surface area contributed by atoms with Crippen molar-refractivity contribution in [1.29, 1.82) is 0 Å². The van der Waals surface area contributed by atoms with Crippen molar-refractivity contribution in [2.24, 2.45) is 19.2 Å². The van der Waals surface area contributed by atoms with Crippen LogP contribution < -0.4 is 16.3 Å². The van der Waals surface area contributed by atoms with E-state index >= 15 is 0 Å². The Morgan fingerprint density at radius 3 is 2.05 bits per heavy atom. The highest BCUT2D eigenvalue weighted by Gasteiger charge is 2.35. The first-order chi connectivity index (χ1) is 18.5. The summed E-state index contributed by atoms with van der Waals surface area (Å²) >= 11 is 0. The molecule has 0 saturated heterocycles. The molecule has 1 N–H and O–H groups in total. The van der Waals surface area contributed by atoms with Gasteiger partial charge in [-0.15, -0.1) is 0 Å². The van der Waals surface area contributed by atoms with Gasteiger partial charge in [0.1, 0.15) is 6.04 Å². The number of nitrogens with zero attached hydrogens (tertiary/aromatic N) is 6. The predicted molar refractivity (Wildman–Crippen MR) is 148 cm³/mol. The minimum absolute atomic E-state index is 0.167. The number of benzene rings is 3. The van der Waals surface area contributed by atoms with Crippen LogP contribution in [0.15, 0.2) is 99.6 Å². The molecule has 6 rings (SSSR count). The fraction of sp³-hybridized carbons (Fsp3) is 0.172. The van der Waals surface area contributed by atoms with Gasteiger partial charge >= 0.3 is 5.69 Å². The summed E-state index contributed by atoms with van der Waals surface area (Å²) < 4.78 is 4.31. The van der Waals surface area contributed by atoms with Gasteiger partial charge in [0.2, 0.25) is 5.95 Å². The monoisotopic (exact) mass is 506 g/mol. The summed E-state index contributed by atoms with van der Waals surface area (Å²) in [7, 11) is 3.06. The molecule has 0 saturated carbocycles. The molecule has 1 aliphatic rings. The topological polar surface area (TPSA) is 97.7 Å². The molecular formula is C29H26N6O3. The first-order valence-corrected chi connectivity index (χ1v) is 12.3. The molecule has 2 aromatic heterocycles. The van der Waals surface area contributed by atoms with Gasteiger partial charge in [-0.05, 0) is 16.7 Å². The number of aromatic nitrogens is 4. The van der Waals surface area contributed by atoms with E-state index in [4.69, 9.17) is 10.1 Å². The molecule has 0 spiro atoms. The number of hydrogen-bond acceptors (Lipinski definition) is 6. The minimum atomic E-state index is -0.487. The average Bonchev–Trinajstić information content (AvgIpc) is 3.37. The van der Waals surface area contributed by atoms with Crippen molar-refractivity contribution in [3.63, 3.8) is 0 Å². The van der Waals surface area contributed by atoms with Crippen LogP contribution in [0.25, 0.3) is 22.3 Å². The lowest BCUT2D eigenvalue weighted by Gasteiger charge is -2.32. The quantitative estimate of drug-likeness (QED) is 0.395. The lowest BCUT2D eigenvalue weighted by atomic mass is 9.94. The Morgan fingerprint density at radius 1 is 0.789 bits per heavy atom. The summed E-state index contributed by atoms with van der Waals surface area (Å²) in [5.41, 5.74) is 4.35. The number of aryl methyl sites for hydroxylation is 1. The third kappa shape index (κ3) is 3.67. The first kappa shape index (κ1) is 23.6. The van der Waals surface area contributed by atoms with Crippen LogP contribution in [0.1, 0.15) is 17.2 Å². The molecule has 1 aliphatic heterocycles. The SMILES string of the molecule is Cn1c(=O)c2c(nc3n2C(c2ccccc2)C(c2ccc(-c4ccccc4)cc2)=NN3CCO)n(C)c1=O. The zero-order valence-electron chi connectivity index (χ0n) is 21.0. The maximum absolute atomic E-state index is 13.5. The van der Waals surface area contributed by atoms with E-state index in [0.717, 1.165) is 26.8 Å². The molecule has 0 radical (unpaired) electrons. The van der Waals surface area contributed by atoms with Gasteiger partial charge in [-0.25, -0.2) is 9.80 Å². The third-order valence-electron chi connectivity index (χ3n) is 6.96. The molecule has 0 aliphatic carbocycles. The number of rotatable bonds is 5. The number of imidazole rings is 1. The molecule has 1 unspecified atom stereocenters. The van der Waals surface area contributed by atoms with E-state index in [-0.39, 0.29) is 18.8 Å². The van der Waals surface area contributed by atoms with Crippen molar-refractivity contribution in [1.82, 2.24) is 18.7 Å². The Morgan fingerprint density at radius 2 is 1.39 bits per heavy atom. The molecule has 38 heavy (non-hydrogen) atoms. The summed E-state index contributed by atoms with van der Waals surface area (Å²) in [4.78, 5) is 30.9. The number of hydrogen-bond donors (Lipinski definition) is 1. The molecule has 3 aromatic carbocycles. The highest BCUT2D eigenvalue weighted by atomic mass is 16.3. The predicted octanol–water partition coefficient (Wildman–Crippen LogP) is 2.91. The van der Waals surface area contributed by atoms with Crippen molar-refractivity contribution in [3.8, 4) is 11.1 Å².